The zero-order valence-electron chi connectivity index (χ0n) is 11.6. The third kappa shape index (κ3) is 4.96. The Morgan fingerprint density at radius 2 is 1.36 bits per heavy atom. The third-order valence-electron chi connectivity index (χ3n) is 2.89. The molecule has 0 aromatic heterocycles. The summed E-state index contributed by atoms with van der Waals surface area (Å²) in [4.78, 5) is 23.8. The number of carbonyl (C=O) groups is 2. The summed E-state index contributed by atoms with van der Waals surface area (Å²) < 4.78 is 1.77. The minimum absolute atomic E-state index is 0.163. The number of hydrogen-bond acceptors (Lipinski definition) is 2. The fourth-order valence-electron chi connectivity index (χ4n) is 1.79. The molecule has 2 aromatic carbocycles. The predicted octanol–water partition coefficient (Wildman–Crippen LogP) is 3.37. The van der Waals surface area contributed by atoms with E-state index in [4.69, 9.17) is 0 Å². The van der Waals surface area contributed by atoms with Gasteiger partial charge in [0.2, 0.25) is 0 Å². The molecular formula is C16H14Br2N2O2. The van der Waals surface area contributed by atoms with E-state index in [-0.39, 0.29) is 11.8 Å². The Hall–Kier alpha value is -1.66. The molecule has 0 spiro atoms. The van der Waals surface area contributed by atoms with Crippen molar-refractivity contribution in [1.82, 2.24) is 10.6 Å². The van der Waals surface area contributed by atoms with E-state index in [0.29, 0.717) is 24.2 Å². The maximum atomic E-state index is 11.9. The van der Waals surface area contributed by atoms with Crippen LogP contribution in [-0.4, -0.2) is 24.9 Å². The minimum atomic E-state index is -0.167. The Morgan fingerprint density at radius 1 is 0.773 bits per heavy atom. The van der Waals surface area contributed by atoms with Crippen molar-refractivity contribution in [3.8, 4) is 0 Å². The summed E-state index contributed by atoms with van der Waals surface area (Å²) >= 11 is 6.64. The van der Waals surface area contributed by atoms with Crippen molar-refractivity contribution in [2.45, 2.75) is 0 Å². The SMILES string of the molecule is O=C(NCCNC(=O)c1cccc(Br)c1)c1ccc(Br)cc1. The molecule has 114 valence electrons. The molecule has 0 atom stereocenters. The number of nitrogens with one attached hydrogen (secondary N) is 2. The van der Waals surface area contributed by atoms with Crippen LogP contribution in [0.1, 0.15) is 20.7 Å². The highest BCUT2D eigenvalue weighted by Crippen LogP contribution is 2.11. The zero-order valence-corrected chi connectivity index (χ0v) is 14.8. The molecule has 2 N–H and O–H groups in total. The molecule has 2 aromatic rings. The van der Waals surface area contributed by atoms with Crippen LogP contribution in [0.3, 0.4) is 0 Å². The van der Waals surface area contributed by atoms with Crippen LogP contribution in [0.25, 0.3) is 0 Å². The number of carbonyl (C=O) groups excluding carboxylic acids is 2. The van der Waals surface area contributed by atoms with Crippen LogP contribution in [-0.2, 0) is 0 Å². The van der Waals surface area contributed by atoms with E-state index in [1.165, 1.54) is 0 Å². The summed E-state index contributed by atoms with van der Waals surface area (Å²) in [6, 6.07) is 14.2. The Bertz CT molecular complexity index is 672. The smallest absolute Gasteiger partial charge is 0.251 e. The van der Waals surface area contributed by atoms with Gasteiger partial charge < -0.3 is 10.6 Å². The largest absolute Gasteiger partial charge is 0.350 e. The number of hydrogen-bond donors (Lipinski definition) is 2. The van der Waals surface area contributed by atoms with E-state index in [1.807, 2.05) is 18.2 Å². The van der Waals surface area contributed by atoms with Crippen molar-refractivity contribution in [3.05, 3.63) is 68.6 Å². The maximum Gasteiger partial charge on any atom is 0.251 e. The quantitative estimate of drug-likeness (QED) is 0.721. The average molecular weight is 426 g/mol. The molecule has 0 aliphatic heterocycles. The summed E-state index contributed by atoms with van der Waals surface area (Å²) in [5.41, 5.74) is 1.16. The van der Waals surface area contributed by atoms with Crippen LogP contribution in [0.5, 0.6) is 0 Å². The Morgan fingerprint density at radius 3 is 1.95 bits per heavy atom. The summed E-state index contributed by atoms with van der Waals surface area (Å²) in [7, 11) is 0. The molecule has 0 aliphatic rings. The summed E-state index contributed by atoms with van der Waals surface area (Å²) in [5, 5.41) is 5.52. The van der Waals surface area contributed by atoms with Gasteiger partial charge in [-0.1, -0.05) is 37.9 Å². The van der Waals surface area contributed by atoms with Crippen LogP contribution in [0.15, 0.2) is 57.5 Å². The lowest BCUT2D eigenvalue weighted by Gasteiger charge is -2.07. The van der Waals surface area contributed by atoms with Gasteiger partial charge in [0, 0.05) is 33.2 Å². The molecule has 2 rings (SSSR count). The maximum absolute atomic E-state index is 11.9. The van der Waals surface area contributed by atoms with Gasteiger partial charge in [-0.3, -0.25) is 9.59 Å². The molecule has 0 fully saturated rings. The number of amides is 2. The molecule has 2 amide bonds. The van der Waals surface area contributed by atoms with Crippen LogP contribution in [0.4, 0.5) is 0 Å². The average Bonchev–Trinajstić information content (AvgIpc) is 2.51. The van der Waals surface area contributed by atoms with Gasteiger partial charge in [0.1, 0.15) is 0 Å². The molecule has 4 nitrogen and oxygen atoms in total. The predicted molar refractivity (Wildman–Crippen MR) is 93.0 cm³/mol. The molecule has 0 aliphatic carbocycles. The van der Waals surface area contributed by atoms with Gasteiger partial charge in [0.25, 0.3) is 11.8 Å². The summed E-state index contributed by atoms with van der Waals surface area (Å²) in [6.07, 6.45) is 0. The van der Waals surface area contributed by atoms with Gasteiger partial charge >= 0.3 is 0 Å². The number of halogens is 2. The highest BCUT2D eigenvalue weighted by molar-refractivity contribution is 9.10. The first-order chi connectivity index (χ1) is 10.6. The van der Waals surface area contributed by atoms with Gasteiger partial charge in [-0.05, 0) is 42.5 Å². The zero-order chi connectivity index (χ0) is 15.9. The molecule has 0 radical (unpaired) electrons. The Balaban J connectivity index is 1.76. The van der Waals surface area contributed by atoms with Gasteiger partial charge in [0.15, 0.2) is 0 Å². The Kier molecular flexibility index (Phi) is 6.15. The van der Waals surface area contributed by atoms with Crippen molar-refractivity contribution >= 4 is 43.7 Å². The highest BCUT2D eigenvalue weighted by atomic mass is 79.9. The second-order valence-corrected chi connectivity index (χ2v) is 6.36. The molecule has 0 saturated heterocycles. The fourth-order valence-corrected chi connectivity index (χ4v) is 2.45. The normalized spacial score (nSPS) is 10.1. The second-order valence-electron chi connectivity index (χ2n) is 4.53. The molecule has 0 saturated carbocycles. The van der Waals surface area contributed by atoms with Crippen molar-refractivity contribution < 1.29 is 9.59 Å². The first-order valence-corrected chi connectivity index (χ1v) is 8.22. The molecular weight excluding hydrogens is 412 g/mol. The van der Waals surface area contributed by atoms with Crippen LogP contribution in [0, 0.1) is 0 Å². The molecule has 0 unspecified atom stereocenters. The first kappa shape index (κ1) is 16.7. The van der Waals surface area contributed by atoms with Gasteiger partial charge in [0.05, 0.1) is 0 Å². The third-order valence-corrected chi connectivity index (χ3v) is 3.91. The van der Waals surface area contributed by atoms with E-state index in [1.54, 1.807) is 30.3 Å². The lowest BCUT2D eigenvalue weighted by atomic mass is 10.2. The number of rotatable bonds is 5. The van der Waals surface area contributed by atoms with Gasteiger partial charge in [-0.25, -0.2) is 0 Å². The van der Waals surface area contributed by atoms with Gasteiger partial charge in [-0.15, -0.1) is 0 Å². The van der Waals surface area contributed by atoms with Crippen molar-refractivity contribution in [1.29, 1.82) is 0 Å². The lowest BCUT2D eigenvalue weighted by molar-refractivity contribution is 0.0927. The summed E-state index contributed by atoms with van der Waals surface area (Å²) in [5.74, 6) is -0.330. The monoisotopic (exact) mass is 424 g/mol. The summed E-state index contributed by atoms with van der Waals surface area (Å²) in [6.45, 7) is 0.738. The molecule has 0 heterocycles. The lowest BCUT2D eigenvalue weighted by Crippen LogP contribution is -2.34. The van der Waals surface area contributed by atoms with Crippen LogP contribution in [0.2, 0.25) is 0 Å². The molecule has 22 heavy (non-hydrogen) atoms. The van der Waals surface area contributed by atoms with Crippen LogP contribution < -0.4 is 10.6 Å². The standard InChI is InChI=1S/C16H14Br2N2O2/c17-13-6-4-11(5-7-13)15(21)19-8-9-20-16(22)12-2-1-3-14(18)10-12/h1-7,10H,8-9H2,(H,19,21)(H,20,22). The van der Waals surface area contributed by atoms with Crippen LogP contribution >= 0.6 is 31.9 Å². The first-order valence-electron chi connectivity index (χ1n) is 6.64. The topological polar surface area (TPSA) is 58.2 Å². The number of benzene rings is 2. The molecule has 6 heteroatoms. The minimum Gasteiger partial charge on any atom is -0.350 e. The van der Waals surface area contributed by atoms with E-state index in [0.717, 1.165) is 8.95 Å². The van der Waals surface area contributed by atoms with Crippen molar-refractivity contribution in [2.75, 3.05) is 13.1 Å². The van der Waals surface area contributed by atoms with E-state index < -0.39 is 0 Å². The van der Waals surface area contributed by atoms with Gasteiger partial charge in [-0.2, -0.15) is 0 Å². The van der Waals surface area contributed by atoms with E-state index in [2.05, 4.69) is 42.5 Å². The van der Waals surface area contributed by atoms with Crippen molar-refractivity contribution in [2.24, 2.45) is 0 Å². The van der Waals surface area contributed by atoms with E-state index in [9.17, 15) is 9.59 Å². The molecule has 0 bridgehead atoms. The highest BCUT2D eigenvalue weighted by Gasteiger charge is 2.06. The van der Waals surface area contributed by atoms with Crippen molar-refractivity contribution in [3.63, 3.8) is 0 Å². The second kappa shape index (κ2) is 8.10. The Labute approximate surface area is 145 Å². The van der Waals surface area contributed by atoms with E-state index >= 15 is 0 Å². The fraction of sp³-hybridized carbons (Fsp3) is 0.125.